The third kappa shape index (κ3) is 4.29. The molecule has 0 radical (unpaired) electrons. The van der Waals surface area contributed by atoms with Crippen molar-refractivity contribution >= 4 is 11.3 Å². The molecular formula is C15H25NS. The Morgan fingerprint density at radius 2 is 2.18 bits per heavy atom. The van der Waals surface area contributed by atoms with Crippen LogP contribution in [0.1, 0.15) is 56.5 Å². The van der Waals surface area contributed by atoms with E-state index in [1.807, 2.05) is 11.3 Å². The Morgan fingerprint density at radius 3 is 2.76 bits per heavy atom. The monoisotopic (exact) mass is 251 g/mol. The Hall–Kier alpha value is -0.600. The Balaban J connectivity index is 2.77. The van der Waals surface area contributed by atoms with Crippen LogP contribution in [0.15, 0.2) is 23.6 Å². The predicted octanol–water partition coefficient (Wildman–Crippen LogP) is 4.71. The first-order valence-electron chi connectivity index (χ1n) is 6.69. The van der Waals surface area contributed by atoms with Crippen molar-refractivity contribution in [2.24, 2.45) is 0 Å². The van der Waals surface area contributed by atoms with Gasteiger partial charge in [0.05, 0.1) is 0 Å². The minimum atomic E-state index is 0.470. The maximum absolute atomic E-state index is 4.15. The zero-order valence-corrected chi connectivity index (χ0v) is 12.2. The fraction of sp³-hybridized carbons (Fsp3) is 0.600. The molecule has 1 aromatic rings. The van der Waals surface area contributed by atoms with Gasteiger partial charge in [-0.25, -0.2) is 0 Å². The highest BCUT2D eigenvalue weighted by Gasteiger charge is 2.15. The zero-order valence-electron chi connectivity index (χ0n) is 11.4. The molecule has 1 heterocycles. The van der Waals surface area contributed by atoms with E-state index in [9.17, 15) is 0 Å². The van der Waals surface area contributed by atoms with Crippen LogP contribution >= 0.6 is 11.3 Å². The molecule has 0 aromatic carbocycles. The normalized spacial score (nSPS) is 12.6. The average molecular weight is 251 g/mol. The lowest BCUT2D eigenvalue weighted by atomic mass is 10.0. The second-order valence-electron chi connectivity index (χ2n) is 4.48. The molecule has 0 aliphatic carbocycles. The molecule has 96 valence electrons. The Morgan fingerprint density at radius 1 is 1.41 bits per heavy atom. The van der Waals surface area contributed by atoms with Crippen molar-refractivity contribution in [3.05, 3.63) is 34.0 Å². The van der Waals surface area contributed by atoms with Crippen molar-refractivity contribution < 1.29 is 0 Å². The number of hydrogen-bond donors (Lipinski definition) is 1. The third-order valence-electron chi connectivity index (χ3n) is 3.11. The van der Waals surface area contributed by atoms with E-state index in [4.69, 9.17) is 0 Å². The second-order valence-corrected chi connectivity index (χ2v) is 5.43. The Labute approximate surface area is 110 Å². The number of aryl methyl sites for hydroxylation is 1. The molecule has 0 aliphatic rings. The fourth-order valence-corrected chi connectivity index (χ4v) is 3.03. The van der Waals surface area contributed by atoms with Crippen molar-refractivity contribution in [1.29, 1.82) is 0 Å². The molecule has 0 spiro atoms. The van der Waals surface area contributed by atoms with Gasteiger partial charge in [0, 0.05) is 10.9 Å². The molecule has 1 atom stereocenters. The maximum Gasteiger partial charge on any atom is 0.0455 e. The van der Waals surface area contributed by atoms with Crippen molar-refractivity contribution in [3.63, 3.8) is 0 Å². The molecule has 1 rings (SSSR count). The molecule has 0 saturated carbocycles. The predicted molar refractivity (Wildman–Crippen MR) is 78.8 cm³/mol. The van der Waals surface area contributed by atoms with Gasteiger partial charge in [0.25, 0.3) is 0 Å². The van der Waals surface area contributed by atoms with Crippen LogP contribution in [-0.4, -0.2) is 6.54 Å². The van der Waals surface area contributed by atoms with Gasteiger partial charge in [0.15, 0.2) is 0 Å². The lowest BCUT2D eigenvalue weighted by Gasteiger charge is -2.19. The van der Waals surface area contributed by atoms with Crippen LogP contribution < -0.4 is 5.32 Å². The van der Waals surface area contributed by atoms with Gasteiger partial charge in [0.1, 0.15) is 0 Å². The molecule has 0 aliphatic heterocycles. The summed E-state index contributed by atoms with van der Waals surface area (Å²) in [6.45, 7) is 11.9. The lowest BCUT2D eigenvalue weighted by molar-refractivity contribution is 0.528. The number of nitrogens with one attached hydrogen (secondary N) is 1. The maximum atomic E-state index is 4.15. The summed E-state index contributed by atoms with van der Waals surface area (Å²) in [5, 5.41) is 5.87. The summed E-state index contributed by atoms with van der Waals surface area (Å²) in [5.41, 5.74) is 2.83. The molecule has 1 nitrogen and oxygen atoms in total. The minimum absolute atomic E-state index is 0.470. The van der Waals surface area contributed by atoms with E-state index >= 15 is 0 Å². The molecule has 1 N–H and O–H groups in total. The quantitative estimate of drug-likeness (QED) is 0.660. The van der Waals surface area contributed by atoms with Crippen molar-refractivity contribution in [1.82, 2.24) is 5.32 Å². The first-order chi connectivity index (χ1) is 8.22. The van der Waals surface area contributed by atoms with Crippen LogP contribution in [0.5, 0.6) is 0 Å². The van der Waals surface area contributed by atoms with Crippen LogP contribution in [0.2, 0.25) is 0 Å². The molecule has 0 amide bonds. The number of hydrogen-bond acceptors (Lipinski definition) is 2. The van der Waals surface area contributed by atoms with Crippen LogP contribution in [0, 0.1) is 0 Å². The van der Waals surface area contributed by atoms with E-state index in [1.54, 1.807) is 0 Å². The molecule has 0 bridgehead atoms. The molecule has 0 saturated heterocycles. The van der Waals surface area contributed by atoms with E-state index in [1.165, 1.54) is 22.4 Å². The summed E-state index contributed by atoms with van der Waals surface area (Å²) < 4.78 is 0. The smallest absolute Gasteiger partial charge is 0.0455 e. The highest BCUT2D eigenvalue weighted by Crippen LogP contribution is 2.29. The molecule has 1 aromatic heterocycles. The zero-order chi connectivity index (χ0) is 12.7. The Bertz CT molecular complexity index is 340. The van der Waals surface area contributed by atoms with Gasteiger partial charge in [-0.05, 0) is 49.2 Å². The summed E-state index contributed by atoms with van der Waals surface area (Å²) >= 11 is 1.88. The second kappa shape index (κ2) is 7.67. The summed E-state index contributed by atoms with van der Waals surface area (Å²) in [7, 11) is 0. The summed E-state index contributed by atoms with van der Waals surface area (Å²) in [5.74, 6) is 0. The molecule has 17 heavy (non-hydrogen) atoms. The molecular weight excluding hydrogens is 226 g/mol. The highest BCUT2D eigenvalue weighted by molar-refractivity contribution is 7.10. The van der Waals surface area contributed by atoms with E-state index in [0.717, 1.165) is 25.8 Å². The van der Waals surface area contributed by atoms with Crippen LogP contribution in [0.3, 0.4) is 0 Å². The highest BCUT2D eigenvalue weighted by atomic mass is 32.1. The molecule has 1 unspecified atom stereocenters. The van der Waals surface area contributed by atoms with Crippen molar-refractivity contribution in [3.8, 4) is 0 Å². The Kier molecular flexibility index (Phi) is 6.53. The van der Waals surface area contributed by atoms with Crippen LogP contribution in [-0.2, 0) is 6.42 Å². The van der Waals surface area contributed by atoms with Crippen LogP contribution in [0.4, 0.5) is 0 Å². The first kappa shape index (κ1) is 14.5. The van der Waals surface area contributed by atoms with Gasteiger partial charge in [-0.2, -0.15) is 0 Å². The first-order valence-corrected chi connectivity index (χ1v) is 7.57. The SMILES string of the molecule is C=C(CC)CC(NCCC)c1sccc1CC. The van der Waals surface area contributed by atoms with Crippen LogP contribution in [0.25, 0.3) is 0 Å². The van der Waals surface area contributed by atoms with Crippen molar-refractivity contribution in [2.45, 2.75) is 52.5 Å². The van der Waals surface area contributed by atoms with E-state index < -0.39 is 0 Å². The standard InChI is InChI=1S/C15H25NS/c1-5-9-16-14(11-12(4)6-2)15-13(7-3)8-10-17-15/h8,10,14,16H,4-7,9,11H2,1-3H3. The summed E-state index contributed by atoms with van der Waals surface area (Å²) in [4.78, 5) is 1.51. The largest absolute Gasteiger partial charge is 0.309 e. The number of thiophene rings is 1. The summed E-state index contributed by atoms with van der Waals surface area (Å²) in [6, 6.07) is 2.73. The third-order valence-corrected chi connectivity index (χ3v) is 4.18. The average Bonchev–Trinajstić information content (AvgIpc) is 2.82. The van der Waals surface area contributed by atoms with E-state index in [-0.39, 0.29) is 0 Å². The fourth-order valence-electron chi connectivity index (χ4n) is 1.95. The van der Waals surface area contributed by atoms with E-state index in [2.05, 4.69) is 44.1 Å². The van der Waals surface area contributed by atoms with Gasteiger partial charge in [-0.3, -0.25) is 0 Å². The van der Waals surface area contributed by atoms with Gasteiger partial charge in [-0.1, -0.05) is 32.9 Å². The van der Waals surface area contributed by atoms with Gasteiger partial charge in [-0.15, -0.1) is 11.3 Å². The van der Waals surface area contributed by atoms with Gasteiger partial charge < -0.3 is 5.32 Å². The topological polar surface area (TPSA) is 12.0 Å². The lowest BCUT2D eigenvalue weighted by Crippen LogP contribution is -2.22. The summed E-state index contributed by atoms with van der Waals surface area (Å²) in [6.07, 6.45) is 4.46. The van der Waals surface area contributed by atoms with Gasteiger partial charge >= 0.3 is 0 Å². The van der Waals surface area contributed by atoms with Gasteiger partial charge in [0.2, 0.25) is 0 Å². The molecule has 2 heteroatoms. The number of rotatable bonds is 8. The van der Waals surface area contributed by atoms with Crippen molar-refractivity contribution in [2.75, 3.05) is 6.54 Å². The minimum Gasteiger partial charge on any atom is -0.309 e. The molecule has 0 fully saturated rings. The van der Waals surface area contributed by atoms with E-state index in [0.29, 0.717) is 6.04 Å².